The van der Waals surface area contributed by atoms with Gasteiger partial charge < -0.3 is 4.57 Å². The lowest BCUT2D eigenvalue weighted by Gasteiger charge is -2.06. The van der Waals surface area contributed by atoms with Gasteiger partial charge in [0, 0.05) is 12.1 Å². The summed E-state index contributed by atoms with van der Waals surface area (Å²) in [6, 6.07) is 3.21. The normalized spacial score (nSPS) is 11.3. The third kappa shape index (κ3) is 4.07. The summed E-state index contributed by atoms with van der Waals surface area (Å²) < 4.78 is 1.96. The van der Waals surface area contributed by atoms with Crippen LogP contribution in [-0.2, 0) is 7.05 Å². The number of rotatable bonds is 5. The number of hydrogen-bond donors (Lipinski definition) is 1. The van der Waals surface area contributed by atoms with Crippen LogP contribution in [0.3, 0.4) is 0 Å². The van der Waals surface area contributed by atoms with Gasteiger partial charge in [0.25, 0.3) is 0 Å². The van der Waals surface area contributed by atoms with E-state index in [1.54, 1.807) is 36.3 Å². The molecule has 0 aliphatic heterocycles. The third-order valence-corrected chi connectivity index (χ3v) is 4.38. The second kappa shape index (κ2) is 7.40. The van der Waals surface area contributed by atoms with Crippen LogP contribution < -0.4 is 5.43 Å². The SMILES string of the molecule is CCSc1ncc(/C=N\Nc2c(Cl)cc(Cl)cc2Cl)n1C. The average Bonchev–Trinajstić information content (AvgIpc) is 2.75. The van der Waals surface area contributed by atoms with Gasteiger partial charge in [-0.1, -0.05) is 53.5 Å². The number of nitrogens with zero attached hydrogens (tertiary/aromatic N) is 3. The molecule has 2 rings (SSSR count). The second-order valence-electron chi connectivity index (χ2n) is 4.07. The van der Waals surface area contributed by atoms with Crippen LogP contribution in [0.15, 0.2) is 28.6 Å². The van der Waals surface area contributed by atoms with E-state index in [0.29, 0.717) is 20.8 Å². The zero-order chi connectivity index (χ0) is 15.4. The number of nitrogens with one attached hydrogen (secondary N) is 1. The van der Waals surface area contributed by atoms with Gasteiger partial charge in [-0.3, -0.25) is 5.43 Å². The molecule has 8 heteroatoms. The molecule has 1 aromatic carbocycles. The third-order valence-electron chi connectivity index (χ3n) is 2.63. The maximum absolute atomic E-state index is 6.07. The molecule has 0 radical (unpaired) electrons. The Bertz CT molecular complexity index is 646. The number of imidazole rings is 1. The highest BCUT2D eigenvalue weighted by atomic mass is 35.5. The Kier molecular flexibility index (Phi) is 5.81. The molecule has 1 aromatic heterocycles. The van der Waals surface area contributed by atoms with Crippen molar-refractivity contribution in [2.24, 2.45) is 12.1 Å². The zero-order valence-corrected chi connectivity index (χ0v) is 14.5. The number of benzene rings is 1. The lowest BCUT2D eigenvalue weighted by atomic mass is 10.3. The molecule has 21 heavy (non-hydrogen) atoms. The number of hydrogen-bond acceptors (Lipinski definition) is 4. The van der Waals surface area contributed by atoms with E-state index in [9.17, 15) is 0 Å². The van der Waals surface area contributed by atoms with E-state index in [0.717, 1.165) is 16.6 Å². The molecule has 112 valence electrons. The average molecular weight is 364 g/mol. The topological polar surface area (TPSA) is 42.2 Å². The van der Waals surface area contributed by atoms with E-state index in [2.05, 4.69) is 22.4 Å². The molecule has 1 heterocycles. The van der Waals surface area contributed by atoms with E-state index in [4.69, 9.17) is 34.8 Å². The fourth-order valence-electron chi connectivity index (χ4n) is 1.60. The maximum Gasteiger partial charge on any atom is 0.168 e. The first-order valence-corrected chi connectivity index (χ1v) is 8.23. The van der Waals surface area contributed by atoms with Crippen molar-refractivity contribution in [1.29, 1.82) is 0 Å². The summed E-state index contributed by atoms with van der Waals surface area (Å²) in [6.45, 7) is 2.08. The molecule has 4 nitrogen and oxygen atoms in total. The smallest absolute Gasteiger partial charge is 0.168 e. The van der Waals surface area contributed by atoms with Gasteiger partial charge in [0.1, 0.15) is 0 Å². The predicted octanol–water partition coefficient (Wildman–Crippen LogP) is 4.94. The van der Waals surface area contributed by atoms with Gasteiger partial charge in [-0.25, -0.2) is 4.98 Å². The van der Waals surface area contributed by atoms with E-state index >= 15 is 0 Å². The number of hydrazone groups is 1. The molecule has 0 spiro atoms. The molecule has 0 bridgehead atoms. The van der Waals surface area contributed by atoms with Gasteiger partial charge in [0.15, 0.2) is 5.16 Å². The van der Waals surface area contributed by atoms with Crippen LogP contribution in [0.4, 0.5) is 5.69 Å². The van der Waals surface area contributed by atoms with Crippen LogP contribution in [0.2, 0.25) is 15.1 Å². The zero-order valence-electron chi connectivity index (χ0n) is 11.4. The summed E-state index contributed by atoms with van der Waals surface area (Å²) in [5.41, 5.74) is 4.22. The molecule has 0 aliphatic carbocycles. The fourth-order valence-corrected chi connectivity index (χ4v) is 3.19. The maximum atomic E-state index is 6.07. The van der Waals surface area contributed by atoms with Crippen molar-refractivity contribution in [2.75, 3.05) is 11.2 Å². The van der Waals surface area contributed by atoms with Crippen molar-refractivity contribution >= 4 is 58.5 Å². The minimum absolute atomic E-state index is 0.414. The highest BCUT2D eigenvalue weighted by molar-refractivity contribution is 7.99. The lowest BCUT2D eigenvalue weighted by molar-refractivity contribution is 0.785. The predicted molar refractivity (Wildman–Crippen MR) is 92.3 cm³/mol. The van der Waals surface area contributed by atoms with E-state index in [1.807, 2.05) is 11.6 Å². The Morgan fingerprint density at radius 1 is 1.33 bits per heavy atom. The summed E-state index contributed by atoms with van der Waals surface area (Å²) in [4.78, 5) is 4.32. The Hall–Kier alpha value is -0.880. The van der Waals surface area contributed by atoms with Crippen LogP contribution in [0.1, 0.15) is 12.6 Å². The standard InChI is InChI=1S/C13H13Cl3N4S/c1-3-21-13-17-6-9(20(13)2)7-18-19-12-10(15)4-8(14)5-11(12)16/h4-7,19H,3H2,1-2H3/b18-7-. The first-order chi connectivity index (χ1) is 10.0. The Morgan fingerprint density at radius 3 is 2.62 bits per heavy atom. The summed E-state index contributed by atoms with van der Waals surface area (Å²) in [6.07, 6.45) is 3.42. The second-order valence-corrected chi connectivity index (χ2v) is 6.55. The quantitative estimate of drug-likeness (QED) is 0.465. The number of thioether (sulfide) groups is 1. The Labute approximate surface area is 142 Å². The van der Waals surface area contributed by atoms with Gasteiger partial charge in [-0.2, -0.15) is 5.10 Å². The minimum atomic E-state index is 0.414. The molecule has 0 atom stereocenters. The van der Waals surface area contributed by atoms with Gasteiger partial charge in [0.2, 0.25) is 0 Å². The van der Waals surface area contributed by atoms with Gasteiger partial charge >= 0.3 is 0 Å². The highest BCUT2D eigenvalue weighted by Crippen LogP contribution is 2.33. The summed E-state index contributed by atoms with van der Waals surface area (Å²) >= 11 is 19.7. The fraction of sp³-hybridized carbons (Fsp3) is 0.231. The number of aromatic nitrogens is 2. The van der Waals surface area contributed by atoms with Crippen molar-refractivity contribution in [1.82, 2.24) is 9.55 Å². The molecule has 2 aromatic rings. The molecular weight excluding hydrogens is 351 g/mol. The molecular formula is C13H13Cl3N4S. The van der Waals surface area contributed by atoms with Gasteiger partial charge in [0.05, 0.1) is 33.8 Å². The highest BCUT2D eigenvalue weighted by Gasteiger charge is 2.07. The lowest BCUT2D eigenvalue weighted by Crippen LogP contribution is -1.99. The van der Waals surface area contributed by atoms with Crippen LogP contribution in [0, 0.1) is 0 Å². The summed E-state index contributed by atoms with van der Waals surface area (Å²) in [5.74, 6) is 0.968. The van der Waals surface area contributed by atoms with Crippen LogP contribution >= 0.6 is 46.6 Å². The monoisotopic (exact) mass is 362 g/mol. The minimum Gasteiger partial charge on any atom is -0.321 e. The van der Waals surface area contributed by atoms with E-state index < -0.39 is 0 Å². The summed E-state index contributed by atoms with van der Waals surface area (Å²) in [7, 11) is 1.94. The van der Waals surface area contributed by atoms with Crippen molar-refractivity contribution in [3.05, 3.63) is 39.1 Å². The molecule has 0 fully saturated rings. The molecule has 0 unspecified atom stereocenters. The van der Waals surface area contributed by atoms with Crippen molar-refractivity contribution in [3.8, 4) is 0 Å². The number of halogens is 3. The van der Waals surface area contributed by atoms with Gasteiger partial charge in [-0.15, -0.1) is 0 Å². The van der Waals surface area contributed by atoms with Crippen molar-refractivity contribution < 1.29 is 0 Å². The largest absolute Gasteiger partial charge is 0.321 e. The Balaban J connectivity index is 2.13. The first kappa shape index (κ1) is 16.5. The van der Waals surface area contributed by atoms with E-state index in [1.165, 1.54) is 0 Å². The van der Waals surface area contributed by atoms with Crippen LogP contribution in [0.5, 0.6) is 0 Å². The molecule has 0 amide bonds. The van der Waals surface area contributed by atoms with Crippen LogP contribution in [0.25, 0.3) is 0 Å². The molecule has 0 saturated heterocycles. The van der Waals surface area contributed by atoms with Crippen molar-refractivity contribution in [2.45, 2.75) is 12.1 Å². The molecule has 1 N–H and O–H groups in total. The van der Waals surface area contributed by atoms with Crippen LogP contribution in [-0.4, -0.2) is 21.5 Å². The first-order valence-electron chi connectivity index (χ1n) is 6.11. The van der Waals surface area contributed by atoms with Gasteiger partial charge in [-0.05, 0) is 17.9 Å². The molecule has 0 aliphatic rings. The van der Waals surface area contributed by atoms with Crippen molar-refractivity contribution in [3.63, 3.8) is 0 Å². The number of anilines is 1. The summed E-state index contributed by atoms with van der Waals surface area (Å²) in [5, 5.41) is 6.39. The van der Waals surface area contributed by atoms with E-state index in [-0.39, 0.29) is 0 Å². The Morgan fingerprint density at radius 2 is 2.00 bits per heavy atom. The molecule has 0 saturated carbocycles.